The maximum atomic E-state index is 13.2. The van der Waals surface area contributed by atoms with Crippen LogP contribution in [0.2, 0.25) is 0 Å². The van der Waals surface area contributed by atoms with Crippen LogP contribution in [0.25, 0.3) is 0 Å². The largest absolute Gasteiger partial charge is 0.497 e. The molecule has 1 aliphatic heterocycles. The Morgan fingerprint density at radius 2 is 2.00 bits per heavy atom. The first-order valence-corrected chi connectivity index (χ1v) is 9.31. The van der Waals surface area contributed by atoms with E-state index in [2.05, 4.69) is 9.88 Å². The topological polar surface area (TPSA) is 54.9 Å². The smallest absolute Gasteiger partial charge is 0.254 e. The number of hydrogen-bond donors (Lipinski definition) is 0. The Morgan fingerprint density at radius 1 is 1.22 bits per heavy atom. The van der Waals surface area contributed by atoms with Gasteiger partial charge in [-0.3, -0.25) is 14.7 Å². The molecular formula is C21H27N3O3. The fourth-order valence-corrected chi connectivity index (χ4v) is 3.16. The van der Waals surface area contributed by atoms with Crippen molar-refractivity contribution in [2.45, 2.75) is 13.5 Å². The summed E-state index contributed by atoms with van der Waals surface area (Å²) in [6.45, 7) is 7.24. The van der Waals surface area contributed by atoms with E-state index in [0.29, 0.717) is 24.4 Å². The SMILES string of the molecule is COc1cccc(C(=O)N(CCN2CCOCC2)Cc2cccc(C)n2)c1. The van der Waals surface area contributed by atoms with Gasteiger partial charge in [0.05, 0.1) is 32.6 Å². The van der Waals surface area contributed by atoms with Gasteiger partial charge in [-0.2, -0.15) is 0 Å². The third-order valence-electron chi connectivity index (χ3n) is 4.69. The van der Waals surface area contributed by atoms with Gasteiger partial charge in [-0.05, 0) is 37.3 Å². The summed E-state index contributed by atoms with van der Waals surface area (Å²) in [6, 6.07) is 13.2. The number of aryl methyl sites for hydroxylation is 1. The minimum absolute atomic E-state index is 0.00883. The summed E-state index contributed by atoms with van der Waals surface area (Å²) < 4.78 is 10.7. The average Bonchev–Trinajstić information content (AvgIpc) is 2.71. The van der Waals surface area contributed by atoms with E-state index < -0.39 is 0 Å². The first-order valence-electron chi connectivity index (χ1n) is 9.31. The van der Waals surface area contributed by atoms with Gasteiger partial charge in [-0.25, -0.2) is 0 Å². The van der Waals surface area contributed by atoms with Gasteiger partial charge in [0.15, 0.2) is 0 Å². The summed E-state index contributed by atoms with van der Waals surface area (Å²) >= 11 is 0. The van der Waals surface area contributed by atoms with Crippen molar-refractivity contribution in [3.05, 3.63) is 59.4 Å². The molecule has 3 rings (SSSR count). The Morgan fingerprint density at radius 3 is 2.74 bits per heavy atom. The highest BCUT2D eigenvalue weighted by atomic mass is 16.5. The van der Waals surface area contributed by atoms with Crippen LogP contribution in [0, 0.1) is 6.92 Å². The Hall–Kier alpha value is -2.44. The third kappa shape index (κ3) is 5.52. The number of carbonyl (C=O) groups excluding carboxylic acids is 1. The molecule has 0 unspecified atom stereocenters. The summed E-state index contributed by atoms with van der Waals surface area (Å²) in [4.78, 5) is 21.9. The van der Waals surface area contributed by atoms with Gasteiger partial charge >= 0.3 is 0 Å². The lowest BCUT2D eigenvalue weighted by atomic mass is 10.1. The van der Waals surface area contributed by atoms with Crippen LogP contribution < -0.4 is 4.74 Å². The summed E-state index contributed by atoms with van der Waals surface area (Å²) in [6.07, 6.45) is 0. The molecule has 0 spiro atoms. The monoisotopic (exact) mass is 369 g/mol. The van der Waals surface area contributed by atoms with E-state index in [9.17, 15) is 4.79 Å². The van der Waals surface area contributed by atoms with E-state index in [1.54, 1.807) is 13.2 Å². The van der Waals surface area contributed by atoms with Crippen LogP contribution in [0.4, 0.5) is 0 Å². The summed E-state index contributed by atoms with van der Waals surface area (Å²) in [5.41, 5.74) is 2.48. The Bertz CT molecular complexity index is 760. The van der Waals surface area contributed by atoms with Crippen LogP contribution in [0.1, 0.15) is 21.7 Å². The second-order valence-corrected chi connectivity index (χ2v) is 6.68. The predicted octanol–water partition coefficient (Wildman–Crippen LogP) is 2.37. The zero-order valence-corrected chi connectivity index (χ0v) is 16.1. The van der Waals surface area contributed by atoms with E-state index in [4.69, 9.17) is 9.47 Å². The molecule has 2 aromatic rings. The number of ether oxygens (including phenoxy) is 2. The summed E-state index contributed by atoms with van der Waals surface area (Å²) in [5.74, 6) is 0.674. The van der Waals surface area contributed by atoms with E-state index in [1.165, 1.54) is 0 Å². The van der Waals surface area contributed by atoms with Gasteiger partial charge in [-0.1, -0.05) is 12.1 Å². The molecule has 0 atom stereocenters. The van der Waals surface area contributed by atoms with Gasteiger partial charge in [0.1, 0.15) is 5.75 Å². The van der Waals surface area contributed by atoms with Crippen molar-refractivity contribution in [2.75, 3.05) is 46.5 Å². The quantitative estimate of drug-likeness (QED) is 0.750. The third-order valence-corrected chi connectivity index (χ3v) is 4.69. The molecule has 1 amide bonds. The lowest BCUT2D eigenvalue weighted by Gasteiger charge is -2.30. The van der Waals surface area contributed by atoms with Crippen LogP contribution in [0.15, 0.2) is 42.5 Å². The van der Waals surface area contributed by atoms with E-state index >= 15 is 0 Å². The molecule has 0 aliphatic carbocycles. The highest BCUT2D eigenvalue weighted by Crippen LogP contribution is 2.16. The lowest BCUT2D eigenvalue weighted by molar-refractivity contribution is 0.0319. The number of rotatable bonds is 7. The minimum Gasteiger partial charge on any atom is -0.497 e. The summed E-state index contributed by atoms with van der Waals surface area (Å²) in [7, 11) is 1.61. The zero-order chi connectivity index (χ0) is 19.1. The van der Waals surface area contributed by atoms with Gasteiger partial charge in [-0.15, -0.1) is 0 Å². The number of methoxy groups -OCH3 is 1. The van der Waals surface area contributed by atoms with E-state index in [-0.39, 0.29) is 5.91 Å². The van der Waals surface area contributed by atoms with Crippen molar-refractivity contribution >= 4 is 5.91 Å². The number of benzene rings is 1. The molecule has 0 N–H and O–H groups in total. The predicted molar refractivity (Wildman–Crippen MR) is 104 cm³/mol. The highest BCUT2D eigenvalue weighted by molar-refractivity contribution is 5.94. The fraction of sp³-hybridized carbons (Fsp3) is 0.429. The Labute approximate surface area is 160 Å². The number of morpholine rings is 1. The molecule has 1 fully saturated rings. The maximum Gasteiger partial charge on any atom is 0.254 e. The fourth-order valence-electron chi connectivity index (χ4n) is 3.16. The number of nitrogens with zero attached hydrogens (tertiary/aromatic N) is 3. The maximum absolute atomic E-state index is 13.2. The second-order valence-electron chi connectivity index (χ2n) is 6.68. The van der Waals surface area contributed by atoms with Crippen molar-refractivity contribution in [3.8, 4) is 5.75 Å². The van der Waals surface area contributed by atoms with Gasteiger partial charge in [0, 0.05) is 37.4 Å². The number of aromatic nitrogens is 1. The van der Waals surface area contributed by atoms with Crippen molar-refractivity contribution < 1.29 is 14.3 Å². The first-order chi connectivity index (χ1) is 13.2. The molecule has 0 radical (unpaired) electrons. The number of hydrogen-bond acceptors (Lipinski definition) is 5. The molecule has 0 bridgehead atoms. The molecule has 1 saturated heterocycles. The van der Waals surface area contributed by atoms with Gasteiger partial charge in [0.2, 0.25) is 0 Å². The van der Waals surface area contributed by atoms with Crippen molar-refractivity contribution in [3.63, 3.8) is 0 Å². The average molecular weight is 369 g/mol. The number of carbonyl (C=O) groups is 1. The van der Waals surface area contributed by atoms with Gasteiger partial charge < -0.3 is 14.4 Å². The molecule has 1 aromatic carbocycles. The van der Waals surface area contributed by atoms with Crippen LogP contribution in [0.3, 0.4) is 0 Å². The van der Waals surface area contributed by atoms with Crippen LogP contribution in [-0.4, -0.2) is 67.2 Å². The second kappa shape index (κ2) is 9.48. The molecule has 0 saturated carbocycles. The first kappa shape index (κ1) is 19.3. The Kier molecular flexibility index (Phi) is 6.79. The molecule has 6 nitrogen and oxygen atoms in total. The molecule has 27 heavy (non-hydrogen) atoms. The lowest BCUT2D eigenvalue weighted by Crippen LogP contribution is -2.43. The van der Waals surface area contributed by atoms with Crippen molar-refractivity contribution in [1.82, 2.24) is 14.8 Å². The number of pyridine rings is 1. The molecule has 1 aliphatic rings. The highest BCUT2D eigenvalue weighted by Gasteiger charge is 2.19. The Balaban J connectivity index is 1.75. The van der Waals surface area contributed by atoms with E-state index in [1.807, 2.05) is 48.2 Å². The van der Waals surface area contributed by atoms with E-state index in [0.717, 1.165) is 44.2 Å². The number of amides is 1. The molecular weight excluding hydrogens is 342 g/mol. The van der Waals surface area contributed by atoms with Gasteiger partial charge in [0.25, 0.3) is 5.91 Å². The molecule has 1 aromatic heterocycles. The van der Waals surface area contributed by atoms with Crippen molar-refractivity contribution in [1.29, 1.82) is 0 Å². The zero-order valence-electron chi connectivity index (χ0n) is 16.1. The standard InChI is InChI=1S/C21H27N3O3/c1-17-5-3-7-19(22-17)16-24(10-9-23-11-13-27-14-12-23)21(25)18-6-4-8-20(15-18)26-2/h3-8,15H,9-14,16H2,1-2H3. The molecule has 144 valence electrons. The normalized spacial score (nSPS) is 14.7. The summed E-state index contributed by atoms with van der Waals surface area (Å²) in [5, 5.41) is 0. The van der Waals surface area contributed by atoms with Crippen molar-refractivity contribution in [2.24, 2.45) is 0 Å². The van der Waals surface area contributed by atoms with Crippen LogP contribution >= 0.6 is 0 Å². The molecule has 2 heterocycles. The molecule has 6 heteroatoms. The minimum atomic E-state index is -0.00883. The van der Waals surface area contributed by atoms with Crippen LogP contribution in [-0.2, 0) is 11.3 Å². The van der Waals surface area contributed by atoms with Crippen LogP contribution in [0.5, 0.6) is 5.75 Å².